The van der Waals surface area contributed by atoms with Crippen LogP contribution in [0, 0.1) is 0 Å². The maximum atomic E-state index is 11.9. The van der Waals surface area contributed by atoms with E-state index >= 15 is 0 Å². The molecule has 1 atom stereocenters. The van der Waals surface area contributed by atoms with Crippen molar-refractivity contribution in [1.82, 2.24) is 9.80 Å². The first-order valence-electron chi connectivity index (χ1n) is 6.88. The molecule has 20 heavy (non-hydrogen) atoms. The number of sulfone groups is 1. The molecule has 0 saturated carbocycles. The number of hydrogen-bond acceptors (Lipinski definition) is 5. The molecule has 0 bridgehead atoms. The van der Waals surface area contributed by atoms with Crippen molar-refractivity contribution in [1.29, 1.82) is 0 Å². The van der Waals surface area contributed by atoms with Crippen LogP contribution in [0.3, 0.4) is 0 Å². The molecule has 0 radical (unpaired) electrons. The number of halogens is 1. The number of carbonyl (C=O) groups excluding carboxylic acids is 1. The van der Waals surface area contributed by atoms with Crippen LogP contribution in [-0.4, -0.2) is 86.9 Å². The van der Waals surface area contributed by atoms with Gasteiger partial charge in [-0.25, -0.2) is 8.42 Å². The highest BCUT2D eigenvalue weighted by Crippen LogP contribution is 2.18. The van der Waals surface area contributed by atoms with E-state index in [1.807, 2.05) is 0 Å². The Balaban J connectivity index is 1.92. The standard InChI is InChI=1S/C12H21ClN2O4S/c13-9-12(16)15(11-1-8-20(17,18)10-11)3-2-14-4-6-19-7-5-14/h11H,1-10H2/t11-/m1/s1. The largest absolute Gasteiger partial charge is 0.379 e. The van der Waals surface area contributed by atoms with Gasteiger partial charge in [-0.2, -0.15) is 0 Å². The molecule has 2 aliphatic heterocycles. The van der Waals surface area contributed by atoms with Crippen LogP contribution in [0.5, 0.6) is 0 Å². The fraction of sp³-hybridized carbons (Fsp3) is 0.917. The molecule has 0 spiro atoms. The SMILES string of the molecule is O=C(CCl)N(CCN1CCOCC1)[C@@H]1CCS(=O)(=O)C1. The molecule has 2 aliphatic rings. The van der Waals surface area contributed by atoms with Crippen LogP contribution in [0.15, 0.2) is 0 Å². The minimum absolute atomic E-state index is 0.0682. The average molecular weight is 325 g/mol. The molecule has 0 aromatic carbocycles. The summed E-state index contributed by atoms with van der Waals surface area (Å²) in [4.78, 5) is 15.8. The summed E-state index contributed by atoms with van der Waals surface area (Å²) in [6, 6.07) is -0.215. The summed E-state index contributed by atoms with van der Waals surface area (Å²) >= 11 is 5.64. The summed E-state index contributed by atoms with van der Waals surface area (Å²) in [7, 11) is -3.00. The third-order valence-corrected chi connectivity index (χ3v) is 5.82. The molecular formula is C12H21ClN2O4S. The number of ether oxygens (including phenoxy) is 1. The molecule has 2 rings (SSSR count). The highest BCUT2D eigenvalue weighted by Gasteiger charge is 2.34. The molecule has 2 heterocycles. The molecule has 2 fully saturated rings. The fourth-order valence-corrected chi connectivity index (χ4v) is 4.57. The number of hydrogen-bond donors (Lipinski definition) is 0. The van der Waals surface area contributed by atoms with Crippen molar-refractivity contribution in [2.75, 3.05) is 56.8 Å². The first kappa shape index (κ1) is 16.0. The number of nitrogens with zero attached hydrogens (tertiary/aromatic N) is 2. The van der Waals surface area contributed by atoms with Crippen molar-refractivity contribution >= 4 is 27.3 Å². The van der Waals surface area contributed by atoms with Crippen molar-refractivity contribution in [3.05, 3.63) is 0 Å². The summed E-state index contributed by atoms with van der Waals surface area (Å²) in [6.07, 6.45) is 0.522. The van der Waals surface area contributed by atoms with Crippen molar-refractivity contribution in [3.8, 4) is 0 Å². The van der Waals surface area contributed by atoms with Gasteiger partial charge < -0.3 is 9.64 Å². The van der Waals surface area contributed by atoms with Crippen molar-refractivity contribution in [2.24, 2.45) is 0 Å². The second-order valence-electron chi connectivity index (χ2n) is 5.23. The normalized spacial score (nSPS) is 26.6. The molecule has 0 aromatic rings. The van der Waals surface area contributed by atoms with E-state index in [-0.39, 0.29) is 29.3 Å². The lowest BCUT2D eigenvalue weighted by Gasteiger charge is -2.32. The van der Waals surface area contributed by atoms with Crippen LogP contribution in [0.25, 0.3) is 0 Å². The maximum absolute atomic E-state index is 11.9. The summed E-state index contributed by atoms with van der Waals surface area (Å²) in [5, 5.41) is 0. The third-order valence-electron chi connectivity index (χ3n) is 3.84. The van der Waals surface area contributed by atoms with Gasteiger partial charge in [0, 0.05) is 32.2 Å². The first-order valence-corrected chi connectivity index (χ1v) is 9.23. The second-order valence-corrected chi connectivity index (χ2v) is 7.73. The predicted molar refractivity (Wildman–Crippen MR) is 76.8 cm³/mol. The van der Waals surface area contributed by atoms with E-state index in [2.05, 4.69) is 4.90 Å². The number of amides is 1. The van der Waals surface area contributed by atoms with Crippen LogP contribution in [0.1, 0.15) is 6.42 Å². The van der Waals surface area contributed by atoms with Crippen molar-refractivity contribution in [2.45, 2.75) is 12.5 Å². The molecule has 0 N–H and O–H groups in total. The summed E-state index contributed by atoms with van der Waals surface area (Å²) in [5.41, 5.74) is 0. The van der Waals surface area contributed by atoms with Gasteiger partial charge in [0.25, 0.3) is 0 Å². The van der Waals surface area contributed by atoms with Gasteiger partial charge in [-0.1, -0.05) is 0 Å². The number of morpholine rings is 1. The molecule has 0 aromatic heterocycles. The van der Waals surface area contributed by atoms with Gasteiger partial charge in [-0.15, -0.1) is 11.6 Å². The molecule has 6 nitrogen and oxygen atoms in total. The minimum atomic E-state index is -3.00. The summed E-state index contributed by atoms with van der Waals surface area (Å²) in [5.74, 6) is -0.0401. The van der Waals surface area contributed by atoms with Gasteiger partial charge in [0.2, 0.25) is 5.91 Å². The lowest BCUT2D eigenvalue weighted by molar-refractivity contribution is -0.130. The Hall–Kier alpha value is -0.370. The monoisotopic (exact) mass is 324 g/mol. The fourth-order valence-electron chi connectivity index (χ4n) is 2.68. The van der Waals surface area contributed by atoms with E-state index in [0.717, 1.165) is 19.6 Å². The Bertz CT molecular complexity index is 437. The smallest absolute Gasteiger partial charge is 0.237 e. The van der Waals surface area contributed by atoms with Crippen molar-refractivity contribution < 1.29 is 17.9 Å². The Morgan fingerprint density at radius 1 is 1.35 bits per heavy atom. The Labute approximate surface area is 124 Å². The lowest BCUT2D eigenvalue weighted by atomic mass is 10.2. The zero-order valence-corrected chi connectivity index (χ0v) is 13.0. The predicted octanol–water partition coefficient (Wildman–Crippen LogP) is -0.427. The average Bonchev–Trinajstić information content (AvgIpc) is 2.80. The van der Waals surface area contributed by atoms with E-state index in [1.54, 1.807) is 4.90 Å². The summed E-state index contributed by atoms with van der Waals surface area (Å²) < 4.78 is 28.4. The number of carbonyl (C=O) groups is 1. The van der Waals surface area contributed by atoms with Crippen LogP contribution >= 0.6 is 11.6 Å². The van der Waals surface area contributed by atoms with Gasteiger partial charge >= 0.3 is 0 Å². The maximum Gasteiger partial charge on any atom is 0.237 e. The van der Waals surface area contributed by atoms with Gasteiger partial charge in [0.1, 0.15) is 5.88 Å². The summed E-state index contributed by atoms with van der Waals surface area (Å²) in [6.45, 7) is 4.40. The third kappa shape index (κ3) is 4.31. The Morgan fingerprint density at radius 2 is 2.05 bits per heavy atom. The van der Waals surface area contributed by atoms with E-state index in [4.69, 9.17) is 16.3 Å². The van der Waals surface area contributed by atoms with E-state index in [9.17, 15) is 13.2 Å². The van der Waals surface area contributed by atoms with Crippen LogP contribution in [0.2, 0.25) is 0 Å². The lowest BCUT2D eigenvalue weighted by Crippen LogP contribution is -2.47. The minimum Gasteiger partial charge on any atom is -0.379 e. The van der Waals surface area contributed by atoms with E-state index in [0.29, 0.717) is 26.2 Å². The topological polar surface area (TPSA) is 66.9 Å². The molecule has 0 unspecified atom stereocenters. The molecule has 1 amide bonds. The van der Waals surface area contributed by atoms with Gasteiger partial charge in [0.05, 0.1) is 24.7 Å². The van der Waals surface area contributed by atoms with Crippen LogP contribution in [0.4, 0.5) is 0 Å². The molecule has 8 heteroatoms. The van der Waals surface area contributed by atoms with Gasteiger partial charge in [0.15, 0.2) is 9.84 Å². The van der Waals surface area contributed by atoms with Crippen LogP contribution in [-0.2, 0) is 19.4 Å². The van der Waals surface area contributed by atoms with E-state index < -0.39 is 9.84 Å². The zero-order valence-electron chi connectivity index (χ0n) is 11.5. The Kier molecular flexibility index (Phi) is 5.65. The number of alkyl halides is 1. The highest BCUT2D eigenvalue weighted by molar-refractivity contribution is 7.91. The molecule has 0 aliphatic carbocycles. The van der Waals surface area contributed by atoms with E-state index in [1.165, 1.54) is 0 Å². The highest BCUT2D eigenvalue weighted by atomic mass is 35.5. The molecule has 116 valence electrons. The Morgan fingerprint density at radius 3 is 2.60 bits per heavy atom. The number of rotatable bonds is 5. The van der Waals surface area contributed by atoms with Crippen LogP contribution < -0.4 is 0 Å². The van der Waals surface area contributed by atoms with Crippen molar-refractivity contribution in [3.63, 3.8) is 0 Å². The quantitative estimate of drug-likeness (QED) is 0.642. The van der Waals surface area contributed by atoms with Gasteiger partial charge in [-0.3, -0.25) is 9.69 Å². The molecule has 2 saturated heterocycles. The molecular weight excluding hydrogens is 304 g/mol. The second kappa shape index (κ2) is 7.06. The zero-order chi connectivity index (χ0) is 14.6. The van der Waals surface area contributed by atoms with Gasteiger partial charge in [-0.05, 0) is 6.42 Å². The first-order chi connectivity index (χ1) is 9.52.